The molecule has 1 aliphatic heterocycles. The van der Waals surface area contributed by atoms with Gasteiger partial charge in [-0.1, -0.05) is 30.3 Å². The van der Waals surface area contributed by atoms with E-state index >= 15 is 0 Å². The summed E-state index contributed by atoms with van der Waals surface area (Å²) in [5.41, 5.74) is 1.14. The van der Waals surface area contributed by atoms with Gasteiger partial charge >= 0.3 is 0 Å². The molecule has 1 aromatic rings. The summed E-state index contributed by atoms with van der Waals surface area (Å²) in [6, 6.07) is 10.2. The second-order valence-electron chi connectivity index (χ2n) is 5.99. The minimum Gasteiger partial charge on any atom is -0.379 e. The molecule has 1 aromatic carbocycles. The van der Waals surface area contributed by atoms with Gasteiger partial charge in [-0.15, -0.1) is 0 Å². The van der Waals surface area contributed by atoms with Crippen LogP contribution in [-0.4, -0.2) is 58.6 Å². The van der Waals surface area contributed by atoms with Gasteiger partial charge in [-0.25, -0.2) is 0 Å². The normalized spacial score (nSPS) is 19.0. The van der Waals surface area contributed by atoms with E-state index in [1.165, 1.54) is 0 Å². The zero-order valence-corrected chi connectivity index (χ0v) is 15.4. The summed E-state index contributed by atoms with van der Waals surface area (Å²) >= 11 is 0. The Morgan fingerprint density at radius 3 is 2.84 bits per heavy atom. The van der Waals surface area contributed by atoms with Gasteiger partial charge in [-0.2, -0.15) is 0 Å². The lowest BCUT2D eigenvalue weighted by atomic mass is 10.1. The average molecular weight is 349 g/mol. The fraction of sp³-hybridized carbons (Fsp3) is 0.632. The van der Waals surface area contributed by atoms with E-state index in [9.17, 15) is 0 Å². The van der Waals surface area contributed by atoms with Gasteiger partial charge in [0.1, 0.15) is 6.10 Å². The lowest BCUT2D eigenvalue weighted by Gasteiger charge is -2.16. The molecular formula is C19H31N3O3. The highest BCUT2D eigenvalue weighted by atomic mass is 16.5. The van der Waals surface area contributed by atoms with Crippen molar-refractivity contribution in [2.24, 2.45) is 4.99 Å². The molecular weight excluding hydrogens is 318 g/mol. The van der Waals surface area contributed by atoms with E-state index < -0.39 is 0 Å². The van der Waals surface area contributed by atoms with E-state index in [1.807, 2.05) is 18.2 Å². The van der Waals surface area contributed by atoms with E-state index in [1.54, 1.807) is 7.11 Å². The molecule has 2 N–H and O–H groups in total. The van der Waals surface area contributed by atoms with Crippen LogP contribution in [0.25, 0.3) is 0 Å². The zero-order chi connectivity index (χ0) is 17.7. The quantitative estimate of drug-likeness (QED) is 0.385. The van der Waals surface area contributed by atoms with Crippen LogP contribution in [0.5, 0.6) is 0 Å². The van der Waals surface area contributed by atoms with Crippen molar-refractivity contribution >= 4 is 5.96 Å². The third kappa shape index (κ3) is 7.42. The highest BCUT2D eigenvalue weighted by molar-refractivity contribution is 5.79. The van der Waals surface area contributed by atoms with Gasteiger partial charge < -0.3 is 24.8 Å². The van der Waals surface area contributed by atoms with Crippen molar-refractivity contribution < 1.29 is 14.2 Å². The van der Waals surface area contributed by atoms with Gasteiger partial charge in [0.15, 0.2) is 5.96 Å². The monoisotopic (exact) mass is 349 g/mol. The van der Waals surface area contributed by atoms with Crippen molar-refractivity contribution in [2.75, 3.05) is 46.6 Å². The second-order valence-corrected chi connectivity index (χ2v) is 5.99. The van der Waals surface area contributed by atoms with E-state index in [2.05, 4.69) is 34.7 Å². The Hall–Kier alpha value is -1.63. The molecule has 0 aromatic heterocycles. The molecule has 1 fully saturated rings. The molecule has 0 saturated carbocycles. The molecule has 1 saturated heterocycles. The van der Waals surface area contributed by atoms with Crippen molar-refractivity contribution in [3.05, 3.63) is 35.9 Å². The molecule has 0 aliphatic carbocycles. The van der Waals surface area contributed by atoms with Crippen molar-refractivity contribution in [1.29, 1.82) is 0 Å². The number of guanidine groups is 1. The molecule has 0 amide bonds. The molecule has 1 heterocycles. The predicted octanol–water partition coefficient (Wildman–Crippen LogP) is 2.12. The summed E-state index contributed by atoms with van der Waals surface area (Å²) in [5, 5.41) is 6.62. The largest absolute Gasteiger partial charge is 0.379 e. The minimum atomic E-state index is -0.0395. The predicted molar refractivity (Wildman–Crippen MR) is 100.0 cm³/mol. The van der Waals surface area contributed by atoms with Crippen LogP contribution in [0.1, 0.15) is 31.4 Å². The van der Waals surface area contributed by atoms with Gasteiger partial charge in [0.25, 0.3) is 0 Å². The Morgan fingerprint density at radius 2 is 2.16 bits per heavy atom. The first-order valence-corrected chi connectivity index (χ1v) is 9.12. The maximum Gasteiger partial charge on any atom is 0.191 e. The van der Waals surface area contributed by atoms with Gasteiger partial charge in [0.05, 0.1) is 19.3 Å². The molecule has 6 nitrogen and oxygen atoms in total. The summed E-state index contributed by atoms with van der Waals surface area (Å²) in [4.78, 5) is 4.64. The summed E-state index contributed by atoms with van der Waals surface area (Å²) < 4.78 is 16.6. The number of benzene rings is 1. The zero-order valence-electron chi connectivity index (χ0n) is 15.4. The Bertz CT molecular complexity index is 490. The number of rotatable bonds is 10. The summed E-state index contributed by atoms with van der Waals surface area (Å²) in [6.45, 7) is 6.58. The molecule has 25 heavy (non-hydrogen) atoms. The third-order valence-electron chi connectivity index (χ3n) is 4.07. The Morgan fingerprint density at radius 1 is 1.32 bits per heavy atom. The lowest BCUT2D eigenvalue weighted by molar-refractivity contribution is 0.0420. The minimum absolute atomic E-state index is 0.0395. The first-order valence-electron chi connectivity index (χ1n) is 9.12. The molecule has 2 atom stereocenters. The lowest BCUT2D eigenvalue weighted by Crippen LogP contribution is -2.38. The summed E-state index contributed by atoms with van der Waals surface area (Å²) in [6.07, 6.45) is 2.18. The van der Waals surface area contributed by atoms with Gasteiger partial charge in [0, 0.05) is 33.4 Å². The fourth-order valence-corrected chi connectivity index (χ4v) is 2.67. The van der Waals surface area contributed by atoms with Gasteiger partial charge in [-0.3, -0.25) is 4.99 Å². The third-order valence-corrected chi connectivity index (χ3v) is 4.07. The topological polar surface area (TPSA) is 64.1 Å². The molecule has 0 spiro atoms. The molecule has 1 aliphatic rings. The molecule has 0 radical (unpaired) electrons. The van der Waals surface area contributed by atoms with Crippen molar-refractivity contribution in [3.63, 3.8) is 0 Å². The summed E-state index contributed by atoms with van der Waals surface area (Å²) in [7, 11) is 1.72. The molecule has 2 rings (SSSR count). The number of hydrogen-bond donors (Lipinski definition) is 2. The van der Waals surface area contributed by atoms with E-state index in [4.69, 9.17) is 14.2 Å². The molecule has 6 heteroatoms. The van der Waals surface area contributed by atoms with E-state index in [0.29, 0.717) is 6.54 Å². The number of aliphatic imine (C=N–C) groups is 1. The number of methoxy groups -OCH3 is 1. The SMILES string of the molecule is CCNC(=NCC(OC)c1ccccc1)NCCCOC1CCOC1. The van der Waals surface area contributed by atoms with E-state index in [-0.39, 0.29) is 12.2 Å². The van der Waals surface area contributed by atoms with Crippen molar-refractivity contribution in [3.8, 4) is 0 Å². The maximum absolute atomic E-state index is 5.77. The maximum atomic E-state index is 5.77. The van der Waals surface area contributed by atoms with Gasteiger partial charge in [0.2, 0.25) is 0 Å². The summed E-state index contributed by atoms with van der Waals surface area (Å²) in [5.74, 6) is 0.810. The van der Waals surface area contributed by atoms with Crippen LogP contribution in [0.2, 0.25) is 0 Å². The molecule has 140 valence electrons. The van der Waals surface area contributed by atoms with Crippen LogP contribution in [0.4, 0.5) is 0 Å². The Balaban J connectivity index is 1.72. The number of nitrogens with one attached hydrogen (secondary N) is 2. The second kappa shape index (κ2) is 11.8. The van der Waals surface area contributed by atoms with Crippen LogP contribution in [0.3, 0.4) is 0 Å². The van der Waals surface area contributed by atoms with Crippen LogP contribution >= 0.6 is 0 Å². The number of hydrogen-bond acceptors (Lipinski definition) is 4. The van der Waals surface area contributed by atoms with E-state index in [0.717, 1.165) is 57.3 Å². The van der Waals surface area contributed by atoms with Crippen LogP contribution in [0, 0.1) is 0 Å². The van der Waals surface area contributed by atoms with Crippen LogP contribution in [0.15, 0.2) is 35.3 Å². The average Bonchev–Trinajstić information content (AvgIpc) is 3.16. The van der Waals surface area contributed by atoms with Gasteiger partial charge in [-0.05, 0) is 25.3 Å². The number of nitrogens with zero attached hydrogens (tertiary/aromatic N) is 1. The van der Waals surface area contributed by atoms with Crippen molar-refractivity contribution in [1.82, 2.24) is 10.6 Å². The standard InChI is InChI=1S/C19H31N3O3/c1-3-20-19(21-11-7-12-25-17-10-13-24-15-17)22-14-18(23-2)16-8-5-4-6-9-16/h4-6,8-9,17-18H,3,7,10-15H2,1-2H3,(H2,20,21,22). The molecule has 0 bridgehead atoms. The highest BCUT2D eigenvalue weighted by Gasteiger charge is 2.15. The number of ether oxygens (including phenoxy) is 3. The van der Waals surface area contributed by atoms with Crippen molar-refractivity contribution in [2.45, 2.75) is 32.0 Å². The fourth-order valence-electron chi connectivity index (χ4n) is 2.67. The molecule has 2 unspecified atom stereocenters. The van der Waals surface area contributed by atoms with Crippen LogP contribution < -0.4 is 10.6 Å². The first kappa shape index (κ1) is 19.7. The first-order chi connectivity index (χ1) is 12.3. The highest BCUT2D eigenvalue weighted by Crippen LogP contribution is 2.16. The Labute approximate surface area is 151 Å². The van der Waals surface area contributed by atoms with Crippen LogP contribution in [-0.2, 0) is 14.2 Å². The smallest absolute Gasteiger partial charge is 0.191 e. The Kier molecular flexibility index (Phi) is 9.33.